The maximum Gasteiger partial charge on any atom is 0.251 e. The van der Waals surface area contributed by atoms with Crippen molar-refractivity contribution in [3.8, 4) is 0 Å². The number of carbonyl (C=O) groups is 1. The van der Waals surface area contributed by atoms with Crippen molar-refractivity contribution in [2.24, 2.45) is 5.73 Å². The molecule has 1 fully saturated rings. The highest BCUT2D eigenvalue weighted by molar-refractivity contribution is 5.94. The smallest absolute Gasteiger partial charge is 0.251 e. The first-order valence-corrected chi connectivity index (χ1v) is 7.53. The van der Waals surface area contributed by atoms with E-state index in [1.54, 1.807) is 0 Å². The van der Waals surface area contributed by atoms with Gasteiger partial charge in [0.2, 0.25) is 0 Å². The van der Waals surface area contributed by atoms with Gasteiger partial charge in [-0.1, -0.05) is 32.9 Å². The minimum absolute atomic E-state index is 0.0333. The van der Waals surface area contributed by atoms with E-state index in [0.29, 0.717) is 6.04 Å². The summed E-state index contributed by atoms with van der Waals surface area (Å²) in [5, 5.41) is 3.12. The molecule has 0 aliphatic heterocycles. The van der Waals surface area contributed by atoms with Crippen molar-refractivity contribution in [3.05, 3.63) is 35.4 Å². The van der Waals surface area contributed by atoms with E-state index in [1.165, 1.54) is 5.56 Å². The van der Waals surface area contributed by atoms with E-state index >= 15 is 0 Å². The van der Waals surface area contributed by atoms with E-state index < -0.39 is 0 Å². The van der Waals surface area contributed by atoms with Gasteiger partial charge in [0.25, 0.3) is 5.91 Å². The number of nitrogens with one attached hydrogen (secondary N) is 1. The molecule has 1 aliphatic carbocycles. The lowest BCUT2D eigenvalue weighted by Gasteiger charge is -2.27. The highest BCUT2D eigenvalue weighted by atomic mass is 16.1. The van der Waals surface area contributed by atoms with Crippen LogP contribution in [0.25, 0.3) is 0 Å². The van der Waals surface area contributed by atoms with Crippen LogP contribution in [-0.2, 0) is 5.41 Å². The normalized spacial score (nSPS) is 23.4. The molecule has 1 aromatic rings. The van der Waals surface area contributed by atoms with E-state index in [0.717, 1.165) is 31.2 Å². The average Bonchev–Trinajstić information content (AvgIpc) is 2.40. The zero-order chi connectivity index (χ0) is 14.8. The molecular weight excluding hydrogens is 248 g/mol. The van der Waals surface area contributed by atoms with Crippen molar-refractivity contribution in [2.45, 2.75) is 64.0 Å². The Morgan fingerprint density at radius 3 is 2.15 bits per heavy atom. The number of benzene rings is 1. The lowest BCUT2D eigenvalue weighted by Crippen LogP contribution is -2.40. The van der Waals surface area contributed by atoms with Crippen LogP contribution in [0.5, 0.6) is 0 Å². The number of nitrogens with two attached hydrogens (primary N) is 1. The van der Waals surface area contributed by atoms with Crippen molar-refractivity contribution in [1.82, 2.24) is 5.32 Å². The highest BCUT2D eigenvalue weighted by Gasteiger charge is 2.21. The molecule has 3 heteroatoms. The second-order valence-electron chi connectivity index (χ2n) is 6.91. The average molecular weight is 274 g/mol. The summed E-state index contributed by atoms with van der Waals surface area (Å²) in [6, 6.07) is 8.53. The van der Waals surface area contributed by atoms with Gasteiger partial charge in [-0.15, -0.1) is 0 Å². The standard InChI is InChI=1S/C17H26N2O/c1-17(2,3)13-6-4-12(5-7-13)16(20)19-15-10-8-14(18)9-11-15/h4-7,14-15H,8-11,18H2,1-3H3,(H,19,20). The van der Waals surface area contributed by atoms with Crippen molar-refractivity contribution in [2.75, 3.05) is 0 Å². The summed E-state index contributed by atoms with van der Waals surface area (Å²) < 4.78 is 0. The summed E-state index contributed by atoms with van der Waals surface area (Å²) in [4.78, 5) is 12.2. The molecule has 0 heterocycles. The second-order valence-corrected chi connectivity index (χ2v) is 6.91. The third kappa shape index (κ3) is 3.83. The topological polar surface area (TPSA) is 55.1 Å². The van der Waals surface area contributed by atoms with Crippen molar-refractivity contribution in [1.29, 1.82) is 0 Å². The molecule has 1 aromatic carbocycles. The van der Waals surface area contributed by atoms with Gasteiger partial charge in [-0.2, -0.15) is 0 Å². The van der Waals surface area contributed by atoms with Gasteiger partial charge in [0, 0.05) is 17.6 Å². The molecule has 20 heavy (non-hydrogen) atoms. The summed E-state index contributed by atoms with van der Waals surface area (Å²) in [6.07, 6.45) is 4.00. The van der Waals surface area contributed by atoms with Crippen LogP contribution < -0.4 is 11.1 Å². The zero-order valence-electron chi connectivity index (χ0n) is 12.8. The largest absolute Gasteiger partial charge is 0.349 e. The number of carbonyl (C=O) groups excluding carboxylic acids is 1. The summed E-state index contributed by atoms with van der Waals surface area (Å²) in [5.74, 6) is 0.0333. The minimum atomic E-state index is 0.0333. The molecule has 110 valence electrons. The Balaban J connectivity index is 1.96. The van der Waals surface area contributed by atoms with E-state index in [-0.39, 0.29) is 17.4 Å². The van der Waals surface area contributed by atoms with Gasteiger partial charge in [0.05, 0.1) is 0 Å². The van der Waals surface area contributed by atoms with Crippen LogP contribution in [0.2, 0.25) is 0 Å². The molecule has 0 bridgehead atoms. The van der Waals surface area contributed by atoms with Crippen LogP contribution in [0.15, 0.2) is 24.3 Å². The fourth-order valence-corrected chi connectivity index (χ4v) is 2.65. The lowest BCUT2D eigenvalue weighted by atomic mass is 9.86. The Morgan fingerprint density at radius 1 is 1.10 bits per heavy atom. The van der Waals surface area contributed by atoms with E-state index in [2.05, 4.69) is 26.1 Å². The number of hydrogen-bond donors (Lipinski definition) is 2. The third-order valence-corrected chi connectivity index (χ3v) is 4.12. The third-order valence-electron chi connectivity index (χ3n) is 4.12. The molecule has 0 aromatic heterocycles. The molecule has 0 spiro atoms. The molecule has 2 rings (SSSR count). The van der Waals surface area contributed by atoms with Gasteiger partial charge in [0.1, 0.15) is 0 Å². The van der Waals surface area contributed by atoms with Crippen molar-refractivity contribution >= 4 is 5.91 Å². The molecule has 1 aliphatic rings. The highest BCUT2D eigenvalue weighted by Crippen LogP contribution is 2.22. The second kappa shape index (κ2) is 5.96. The van der Waals surface area contributed by atoms with Gasteiger partial charge >= 0.3 is 0 Å². The van der Waals surface area contributed by atoms with Gasteiger partial charge in [-0.3, -0.25) is 4.79 Å². The summed E-state index contributed by atoms with van der Waals surface area (Å²) in [6.45, 7) is 6.52. The van der Waals surface area contributed by atoms with Crippen LogP contribution in [-0.4, -0.2) is 18.0 Å². The first-order chi connectivity index (χ1) is 9.36. The molecule has 1 amide bonds. The summed E-state index contributed by atoms with van der Waals surface area (Å²) in [5.41, 5.74) is 7.99. The predicted molar refractivity (Wildman–Crippen MR) is 82.8 cm³/mol. The molecule has 0 atom stereocenters. The zero-order valence-corrected chi connectivity index (χ0v) is 12.8. The molecule has 1 saturated carbocycles. The predicted octanol–water partition coefficient (Wildman–Crippen LogP) is 2.98. The number of amides is 1. The molecule has 0 radical (unpaired) electrons. The van der Waals surface area contributed by atoms with Crippen molar-refractivity contribution in [3.63, 3.8) is 0 Å². The van der Waals surface area contributed by atoms with Crippen LogP contribution >= 0.6 is 0 Å². The van der Waals surface area contributed by atoms with Crippen LogP contribution in [0.4, 0.5) is 0 Å². The molecule has 3 nitrogen and oxygen atoms in total. The van der Waals surface area contributed by atoms with Crippen LogP contribution in [0.1, 0.15) is 62.4 Å². The van der Waals surface area contributed by atoms with E-state index in [4.69, 9.17) is 5.73 Å². The summed E-state index contributed by atoms with van der Waals surface area (Å²) in [7, 11) is 0. The van der Waals surface area contributed by atoms with Gasteiger partial charge < -0.3 is 11.1 Å². The first kappa shape index (κ1) is 15.0. The molecular formula is C17H26N2O. The quantitative estimate of drug-likeness (QED) is 0.871. The van der Waals surface area contributed by atoms with E-state index in [9.17, 15) is 4.79 Å². The van der Waals surface area contributed by atoms with Crippen LogP contribution in [0, 0.1) is 0 Å². The monoisotopic (exact) mass is 274 g/mol. The van der Waals surface area contributed by atoms with Crippen LogP contribution in [0.3, 0.4) is 0 Å². The SMILES string of the molecule is CC(C)(C)c1ccc(C(=O)NC2CCC(N)CC2)cc1. The number of hydrogen-bond acceptors (Lipinski definition) is 2. The molecule has 3 N–H and O–H groups in total. The minimum Gasteiger partial charge on any atom is -0.349 e. The Kier molecular flexibility index (Phi) is 4.48. The first-order valence-electron chi connectivity index (χ1n) is 7.53. The van der Waals surface area contributed by atoms with Gasteiger partial charge in [0.15, 0.2) is 0 Å². The summed E-state index contributed by atoms with van der Waals surface area (Å²) >= 11 is 0. The Labute approximate surface area is 121 Å². The Bertz CT molecular complexity index is 451. The Hall–Kier alpha value is -1.35. The molecule has 0 saturated heterocycles. The van der Waals surface area contributed by atoms with Gasteiger partial charge in [-0.25, -0.2) is 0 Å². The lowest BCUT2D eigenvalue weighted by molar-refractivity contribution is 0.0926. The van der Waals surface area contributed by atoms with Gasteiger partial charge in [-0.05, 0) is 48.8 Å². The van der Waals surface area contributed by atoms with E-state index in [1.807, 2.05) is 24.3 Å². The maximum atomic E-state index is 12.2. The number of rotatable bonds is 2. The fourth-order valence-electron chi connectivity index (χ4n) is 2.65. The fraction of sp³-hybridized carbons (Fsp3) is 0.588. The van der Waals surface area contributed by atoms with Crippen molar-refractivity contribution < 1.29 is 4.79 Å². The molecule has 0 unspecified atom stereocenters. The Morgan fingerprint density at radius 2 is 1.65 bits per heavy atom. The maximum absolute atomic E-state index is 12.2.